The first-order valence-corrected chi connectivity index (χ1v) is 12.4. The highest BCUT2D eigenvalue weighted by Crippen LogP contribution is 2.42. The summed E-state index contributed by atoms with van der Waals surface area (Å²) in [7, 11) is -3.58. The van der Waals surface area contributed by atoms with Crippen LogP contribution in [0.1, 0.15) is 10.4 Å². The van der Waals surface area contributed by atoms with Crippen LogP contribution in [-0.4, -0.2) is 33.8 Å². The molecule has 0 fully saturated rings. The molecule has 9 heteroatoms. The predicted molar refractivity (Wildman–Crippen MR) is 121 cm³/mol. The minimum absolute atomic E-state index is 0.0682. The van der Waals surface area contributed by atoms with Gasteiger partial charge in [0.1, 0.15) is 13.2 Å². The van der Waals surface area contributed by atoms with Crippen LogP contribution in [0.5, 0.6) is 11.5 Å². The van der Waals surface area contributed by atoms with Crippen molar-refractivity contribution in [2.24, 2.45) is 0 Å². The van der Waals surface area contributed by atoms with Crippen LogP contribution in [0.15, 0.2) is 75.4 Å². The van der Waals surface area contributed by atoms with Gasteiger partial charge in [0.05, 0.1) is 15.6 Å². The first-order chi connectivity index (χ1) is 14.8. The molecule has 0 aliphatic carbocycles. The molecule has 0 saturated carbocycles. The number of benzene rings is 3. The van der Waals surface area contributed by atoms with Gasteiger partial charge in [-0.25, -0.2) is 8.42 Å². The van der Waals surface area contributed by atoms with E-state index in [1.165, 1.54) is 30.0 Å². The van der Waals surface area contributed by atoms with Crippen LogP contribution in [0.3, 0.4) is 0 Å². The molecule has 1 heterocycles. The highest BCUT2D eigenvalue weighted by molar-refractivity contribution is 7.99. The van der Waals surface area contributed by atoms with Crippen molar-refractivity contribution in [1.29, 1.82) is 0 Å². The zero-order chi connectivity index (χ0) is 22.0. The molecule has 3 aromatic rings. The van der Waals surface area contributed by atoms with Gasteiger partial charge in [-0.2, -0.15) is 0 Å². The first-order valence-electron chi connectivity index (χ1n) is 9.29. The number of hydrogen-bond donors (Lipinski definition) is 1. The van der Waals surface area contributed by atoms with Gasteiger partial charge in [-0.15, -0.1) is 0 Å². The van der Waals surface area contributed by atoms with E-state index >= 15 is 0 Å². The Hall–Kier alpha value is -2.68. The topological polar surface area (TPSA) is 81.7 Å². The molecule has 0 atom stereocenters. The minimum atomic E-state index is -3.58. The van der Waals surface area contributed by atoms with Gasteiger partial charge in [-0.1, -0.05) is 41.6 Å². The summed E-state index contributed by atoms with van der Waals surface area (Å²) in [6.45, 7) is 0.869. The van der Waals surface area contributed by atoms with Crippen LogP contribution < -0.4 is 14.8 Å². The highest BCUT2D eigenvalue weighted by atomic mass is 35.5. The summed E-state index contributed by atoms with van der Waals surface area (Å²) in [6.07, 6.45) is 1.05. The molecular weight excluding hydrogens is 458 g/mol. The summed E-state index contributed by atoms with van der Waals surface area (Å²) < 4.78 is 35.2. The Kier molecular flexibility index (Phi) is 6.13. The lowest BCUT2D eigenvalue weighted by atomic mass is 10.2. The number of rotatable bonds is 5. The van der Waals surface area contributed by atoms with Gasteiger partial charge < -0.3 is 14.8 Å². The molecule has 4 rings (SSSR count). The van der Waals surface area contributed by atoms with E-state index in [0.29, 0.717) is 30.4 Å². The van der Waals surface area contributed by atoms with Crippen molar-refractivity contribution in [3.63, 3.8) is 0 Å². The van der Waals surface area contributed by atoms with Crippen LogP contribution in [-0.2, 0) is 9.84 Å². The van der Waals surface area contributed by atoms with E-state index in [4.69, 9.17) is 21.1 Å². The number of amides is 1. The Labute approximate surface area is 189 Å². The molecule has 0 spiro atoms. The van der Waals surface area contributed by atoms with Crippen molar-refractivity contribution in [3.05, 3.63) is 71.2 Å². The molecule has 3 aromatic carbocycles. The fourth-order valence-electron chi connectivity index (χ4n) is 2.99. The third kappa shape index (κ3) is 4.98. The van der Waals surface area contributed by atoms with E-state index in [-0.39, 0.29) is 15.5 Å². The Morgan fingerprint density at radius 1 is 1.00 bits per heavy atom. The lowest BCUT2D eigenvalue weighted by Gasteiger charge is -2.21. The largest absolute Gasteiger partial charge is 0.486 e. The SMILES string of the molecule is CS(=O)(=O)c1cc(C(=O)Nc2cc3c(cc2Sc2ccccc2)OCCO3)ccc1Cl. The smallest absolute Gasteiger partial charge is 0.255 e. The quantitative estimate of drug-likeness (QED) is 0.564. The average Bonchev–Trinajstić information content (AvgIpc) is 2.74. The molecule has 31 heavy (non-hydrogen) atoms. The molecule has 0 aromatic heterocycles. The van der Waals surface area contributed by atoms with E-state index in [0.717, 1.165) is 16.0 Å². The van der Waals surface area contributed by atoms with Crippen molar-refractivity contribution >= 4 is 44.8 Å². The molecule has 0 saturated heterocycles. The monoisotopic (exact) mass is 475 g/mol. The number of halogens is 1. The van der Waals surface area contributed by atoms with Crippen LogP contribution in [0, 0.1) is 0 Å². The standard InChI is InChI=1S/C22H18ClNO5S2/c1-31(26,27)21-11-14(7-8-16(21)23)22(25)24-17-12-18-19(29-10-9-28-18)13-20(17)30-15-5-3-2-4-6-15/h2-8,11-13H,9-10H2,1H3,(H,24,25). The molecule has 1 aliphatic rings. The number of carbonyl (C=O) groups is 1. The maximum Gasteiger partial charge on any atom is 0.255 e. The van der Waals surface area contributed by atoms with Gasteiger partial charge in [0.25, 0.3) is 5.91 Å². The lowest BCUT2D eigenvalue weighted by Crippen LogP contribution is -2.17. The summed E-state index contributed by atoms with van der Waals surface area (Å²) in [6, 6.07) is 17.4. The van der Waals surface area contributed by atoms with Crippen LogP contribution >= 0.6 is 23.4 Å². The Balaban J connectivity index is 1.69. The van der Waals surface area contributed by atoms with Crippen LogP contribution in [0.25, 0.3) is 0 Å². The van der Waals surface area contributed by atoms with E-state index in [1.54, 1.807) is 6.07 Å². The second kappa shape index (κ2) is 8.82. The molecule has 1 amide bonds. The number of anilines is 1. The van der Waals surface area contributed by atoms with Gasteiger partial charge in [-0.3, -0.25) is 4.79 Å². The van der Waals surface area contributed by atoms with E-state index in [1.807, 2.05) is 36.4 Å². The van der Waals surface area contributed by atoms with E-state index in [2.05, 4.69) is 5.32 Å². The average molecular weight is 476 g/mol. The molecule has 1 N–H and O–H groups in total. The number of fused-ring (bicyclic) bond motifs is 1. The Morgan fingerprint density at radius 2 is 1.68 bits per heavy atom. The summed E-state index contributed by atoms with van der Waals surface area (Å²) in [5, 5.41) is 2.93. The van der Waals surface area contributed by atoms with Crippen LogP contribution in [0.2, 0.25) is 5.02 Å². The fourth-order valence-corrected chi connectivity index (χ4v) is 5.23. The molecular formula is C22H18ClNO5S2. The van der Waals surface area contributed by atoms with Crippen molar-refractivity contribution < 1.29 is 22.7 Å². The van der Waals surface area contributed by atoms with Crippen LogP contribution in [0.4, 0.5) is 5.69 Å². The van der Waals surface area contributed by atoms with E-state index < -0.39 is 15.7 Å². The summed E-state index contributed by atoms with van der Waals surface area (Å²) in [4.78, 5) is 14.6. The Morgan fingerprint density at radius 3 is 2.35 bits per heavy atom. The summed E-state index contributed by atoms with van der Waals surface area (Å²) in [5.41, 5.74) is 0.703. The maximum atomic E-state index is 12.9. The highest BCUT2D eigenvalue weighted by Gasteiger charge is 2.20. The van der Waals surface area contributed by atoms with Crippen molar-refractivity contribution in [3.8, 4) is 11.5 Å². The normalized spacial score (nSPS) is 13.0. The minimum Gasteiger partial charge on any atom is -0.486 e. The molecule has 6 nitrogen and oxygen atoms in total. The number of hydrogen-bond acceptors (Lipinski definition) is 6. The third-order valence-electron chi connectivity index (χ3n) is 4.46. The van der Waals surface area contributed by atoms with Gasteiger partial charge in [0, 0.05) is 33.7 Å². The number of carbonyl (C=O) groups excluding carboxylic acids is 1. The Bertz CT molecular complexity index is 1250. The summed E-state index contributed by atoms with van der Waals surface area (Å²) in [5.74, 6) is 0.675. The van der Waals surface area contributed by atoms with Gasteiger partial charge in [0.2, 0.25) is 0 Å². The first kappa shape index (κ1) is 21.5. The van der Waals surface area contributed by atoms with Gasteiger partial charge in [-0.05, 0) is 30.3 Å². The van der Waals surface area contributed by atoms with Gasteiger partial charge >= 0.3 is 0 Å². The maximum absolute atomic E-state index is 12.9. The lowest BCUT2D eigenvalue weighted by molar-refractivity contribution is 0.102. The second-order valence-corrected chi connectivity index (χ2v) is 10.3. The number of sulfone groups is 1. The third-order valence-corrected chi connectivity index (χ3v) is 7.10. The van der Waals surface area contributed by atoms with Crippen molar-refractivity contribution in [1.82, 2.24) is 0 Å². The number of ether oxygens (including phenoxy) is 2. The van der Waals surface area contributed by atoms with Crippen molar-refractivity contribution in [2.75, 3.05) is 24.8 Å². The van der Waals surface area contributed by atoms with E-state index in [9.17, 15) is 13.2 Å². The molecule has 160 valence electrons. The molecule has 0 unspecified atom stereocenters. The zero-order valence-corrected chi connectivity index (χ0v) is 18.8. The van der Waals surface area contributed by atoms with Crippen molar-refractivity contribution in [2.45, 2.75) is 14.7 Å². The molecule has 0 bridgehead atoms. The zero-order valence-electron chi connectivity index (χ0n) is 16.4. The van der Waals surface area contributed by atoms with Gasteiger partial charge in [0.15, 0.2) is 21.3 Å². The number of nitrogens with one attached hydrogen (secondary N) is 1. The molecule has 0 radical (unpaired) electrons. The fraction of sp³-hybridized carbons (Fsp3) is 0.136. The summed E-state index contributed by atoms with van der Waals surface area (Å²) >= 11 is 7.46. The predicted octanol–water partition coefficient (Wildman–Crippen LogP) is 4.92. The second-order valence-electron chi connectivity index (χ2n) is 6.78. The molecule has 1 aliphatic heterocycles.